The zero-order valence-electron chi connectivity index (χ0n) is 13.8. The van der Waals surface area contributed by atoms with E-state index in [-0.39, 0.29) is 5.91 Å². The molecular formula is C17H20N4O3. The number of hydrogen-bond donors (Lipinski definition) is 0. The molecule has 0 N–H and O–H groups in total. The van der Waals surface area contributed by atoms with Crippen LogP contribution in [0.15, 0.2) is 35.0 Å². The van der Waals surface area contributed by atoms with Gasteiger partial charge < -0.3 is 19.0 Å². The van der Waals surface area contributed by atoms with E-state index in [1.54, 1.807) is 31.6 Å². The minimum absolute atomic E-state index is 0.0116. The van der Waals surface area contributed by atoms with Crippen LogP contribution in [0.3, 0.4) is 0 Å². The van der Waals surface area contributed by atoms with E-state index >= 15 is 0 Å². The van der Waals surface area contributed by atoms with Crippen molar-refractivity contribution in [3.63, 3.8) is 0 Å². The fraction of sp³-hybridized carbons (Fsp3) is 0.353. The molecule has 3 heterocycles. The Morgan fingerprint density at radius 1 is 1.29 bits per heavy atom. The maximum absolute atomic E-state index is 12.2. The number of methoxy groups -OCH3 is 1. The van der Waals surface area contributed by atoms with Crippen LogP contribution in [0, 0.1) is 6.92 Å². The van der Waals surface area contributed by atoms with Gasteiger partial charge in [-0.25, -0.2) is 4.98 Å². The third kappa shape index (κ3) is 3.73. The van der Waals surface area contributed by atoms with Gasteiger partial charge in [0.15, 0.2) is 0 Å². The predicted molar refractivity (Wildman–Crippen MR) is 89.9 cm³/mol. The topological polar surface area (TPSA) is 71.7 Å². The van der Waals surface area contributed by atoms with Crippen molar-refractivity contribution in [2.45, 2.75) is 6.92 Å². The average molecular weight is 328 g/mol. The number of rotatable bonds is 4. The first-order chi connectivity index (χ1) is 11.7. The molecule has 0 spiro atoms. The van der Waals surface area contributed by atoms with Crippen LogP contribution in [-0.2, 0) is 4.79 Å². The molecule has 0 saturated carbocycles. The highest BCUT2D eigenvalue weighted by Gasteiger charge is 2.21. The first kappa shape index (κ1) is 16.0. The van der Waals surface area contributed by atoms with Crippen LogP contribution in [0.5, 0.6) is 5.88 Å². The highest BCUT2D eigenvalue weighted by Crippen LogP contribution is 2.19. The van der Waals surface area contributed by atoms with Gasteiger partial charge in [-0.3, -0.25) is 4.79 Å². The summed E-state index contributed by atoms with van der Waals surface area (Å²) in [6.07, 6.45) is 4.82. The fourth-order valence-corrected chi connectivity index (χ4v) is 2.59. The minimum atomic E-state index is -0.0116. The molecule has 1 amide bonds. The summed E-state index contributed by atoms with van der Waals surface area (Å²) < 4.78 is 10.4. The summed E-state index contributed by atoms with van der Waals surface area (Å²) in [4.78, 5) is 24.8. The third-order valence-corrected chi connectivity index (χ3v) is 3.86. The van der Waals surface area contributed by atoms with E-state index in [1.807, 2.05) is 24.0 Å². The van der Waals surface area contributed by atoms with Crippen LogP contribution in [-0.4, -0.2) is 54.1 Å². The molecule has 126 valence electrons. The van der Waals surface area contributed by atoms with Crippen LogP contribution in [0.1, 0.15) is 11.6 Å². The first-order valence-electron chi connectivity index (χ1n) is 7.81. The Balaban J connectivity index is 1.59. The maximum atomic E-state index is 12.2. The molecule has 1 aliphatic heterocycles. The summed E-state index contributed by atoms with van der Waals surface area (Å²) in [7, 11) is 1.59. The number of aryl methyl sites for hydroxylation is 1. The highest BCUT2D eigenvalue weighted by atomic mass is 16.5. The van der Waals surface area contributed by atoms with Crippen molar-refractivity contribution in [1.29, 1.82) is 0 Å². The van der Waals surface area contributed by atoms with Crippen LogP contribution < -0.4 is 9.64 Å². The molecule has 1 saturated heterocycles. The molecule has 0 unspecified atom stereocenters. The lowest BCUT2D eigenvalue weighted by atomic mass is 10.3. The van der Waals surface area contributed by atoms with E-state index in [0.717, 1.165) is 18.9 Å². The summed E-state index contributed by atoms with van der Waals surface area (Å²) in [5, 5.41) is 0. The number of piperazine rings is 1. The van der Waals surface area contributed by atoms with Gasteiger partial charge in [-0.05, 0) is 25.1 Å². The summed E-state index contributed by atoms with van der Waals surface area (Å²) in [5.74, 6) is 2.72. The quantitative estimate of drug-likeness (QED) is 0.796. The molecule has 3 rings (SSSR count). The lowest BCUT2D eigenvalue weighted by Crippen LogP contribution is -2.48. The van der Waals surface area contributed by atoms with E-state index in [4.69, 9.17) is 9.15 Å². The highest BCUT2D eigenvalue weighted by molar-refractivity contribution is 5.91. The lowest BCUT2D eigenvalue weighted by molar-refractivity contribution is -0.126. The van der Waals surface area contributed by atoms with E-state index in [9.17, 15) is 4.79 Å². The number of carbonyl (C=O) groups is 1. The largest absolute Gasteiger partial charge is 0.481 e. The van der Waals surface area contributed by atoms with Gasteiger partial charge in [-0.2, -0.15) is 4.98 Å². The Kier molecular flexibility index (Phi) is 4.79. The molecular weight excluding hydrogens is 308 g/mol. The van der Waals surface area contributed by atoms with Crippen molar-refractivity contribution < 1.29 is 13.9 Å². The van der Waals surface area contributed by atoms with Gasteiger partial charge >= 0.3 is 0 Å². The van der Waals surface area contributed by atoms with Crippen LogP contribution >= 0.6 is 0 Å². The van der Waals surface area contributed by atoms with Crippen LogP contribution in [0.2, 0.25) is 0 Å². The number of nitrogens with zero attached hydrogens (tertiary/aromatic N) is 4. The van der Waals surface area contributed by atoms with Gasteiger partial charge in [-0.1, -0.05) is 0 Å². The first-order valence-corrected chi connectivity index (χ1v) is 7.81. The molecule has 1 aliphatic rings. The summed E-state index contributed by atoms with van der Waals surface area (Å²) in [6, 6.07) is 5.43. The zero-order valence-corrected chi connectivity index (χ0v) is 13.8. The van der Waals surface area contributed by atoms with Crippen molar-refractivity contribution in [1.82, 2.24) is 14.9 Å². The molecule has 2 aromatic heterocycles. The number of aromatic nitrogens is 2. The average Bonchev–Trinajstić information content (AvgIpc) is 3.12. The Hall–Kier alpha value is -2.83. The van der Waals surface area contributed by atoms with Gasteiger partial charge in [0.1, 0.15) is 17.4 Å². The van der Waals surface area contributed by atoms with Crippen LogP contribution in [0.25, 0.3) is 6.08 Å². The fourth-order valence-electron chi connectivity index (χ4n) is 2.59. The van der Waals surface area contributed by atoms with Gasteiger partial charge in [-0.15, -0.1) is 0 Å². The van der Waals surface area contributed by atoms with Crippen LogP contribution in [0.4, 0.5) is 5.82 Å². The van der Waals surface area contributed by atoms with E-state index in [1.165, 1.54) is 0 Å². The van der Waals surface area contributed by atoms with E-state index in [0.29, 0.717) is 30.6 Å². The van der Waals surface area contributed by atoms with E-state index < -0.39 is 0 Å². The van der Waals surface area contributed by atoms with Crippen molar-refractivity contribution in [2.24, 2.45) is 0 Å². The molecule has 0 aliphatic carbocycles. The molecule has 7 heteroatoms. The second-order valence-corrected chi connectivity index (χ2v) is 5.48. The maximum Gasteiger partial charge on any atom is 0.246 e. The van der Waals surface area contributed by atoms with Gasteiger partial charge in [0.2, 0.25) is 11.8 Å². The summed E-state index contributed by atoms with van der Waals surface area (Å²) in [6.45, 7) is 4.57. The Bertz CT molecular complexity index is 719. The second kappa shape index (κ2) is 7.16. The summed E-state index contributed by atoms with van der Waals surface area (Å²) in [5.41, 5.74) is 0. The van der Waals surface area contributed by atoms with Crippen molar-refractivity contribution in [3.8, 4) is 5.88 Å². The molecule has 1 fully saturated rings. The molecule has 0 aromatic carbocycles. The molecule has 7 nitrogen and oxygen atoms in total. The molecule has 2 aromatic rings. The molecule has 0 bridgehead atoms. The van der Waals surface area contributed by atoms with Gasteiger partial charge in [0.25, 0.3) is 0 Å². The van der Waals surface area contributed by atoms with Crippen molar-refractivity contribution in [2.75, 3.05) is 38.2 Å². The lowest BCUT2D eigenvalue weighted by Gasteiger charge is -2.35. The van der Waals surface area contributed by atoms with Gasteiger partial charge in [0, 0.05) is 38.3 Å². The van der Waals surface area contributed by atoms with Gasteiger partial charge in [0.05, 0.1) is 13.4 Å². The SMILES string of the molecule is COc1cc(N2CCN(C(=O)/C=C/c3ccco3)CC2)nc(C)n1. The molecule has 0 atom stereocenters. The third-order valence-electron chi connectivity index (χ3n) is 3.86. The monoisotopic (exact) mass is 328 g/mol. The van der Waals surface area contributed by atoms with E-state index in [2.05, 4.69) is 14.9 Å². The number of hydrogen-bond acceptors (Lipinski definition) is 6. The van der Waals surface area contributed by atoms with Crippen molar-refractivity contribution >= 4 is 17.8 Å². The Morgan fingerprint density at radius 2 is 2.08 bits per heavy atom. The normalized spacial score (nSPS) is 15.1. The number of carbonyl (C=O) groups excluding carboxylic acids is 1. The predicted octanol–water partition coefficient (Wildman–Crippen LogP) is 1.75. The zero-order chi connectivity index (χ0) is 16.9. The molecule has 0 radical (unpaired) electrons. The van der Waals surface area contributed by atoms with Crippen molar-refractivity contribution in [3.05, 3.63) is 42.1 Å². The summed E-state index contributed by atoms with van der Waals surface area (Å²) >= 11 is 0. The minimum Gasteiger partial charge on any atom is -0.481 e. The Labute approximate surface area is 140 Å². The standard InChI is InChI=1S/C17H20N4O3/c1-13-18-15(12-16(19-13)23-2)20-7-9-21(10-8-20)17(22)6-5-14-4-3-11-24-14/h3-6,11-12H,7-10H2,1-2H3/b6-5+. The number of furan rings is 1. The smallest absolute Gasteiger partial charge is 0.246 e. The number of anilines is 1. The number of ether oxygens (including phenoxy) is 1. The number of amides is 1. The molecule has 24 heavy (non-hydrogen) atoms. The second-order valence-electron chi connectivity index (χ2n) is 5.48. The Morgan fingerprint density at radius 3 is 2.75 bits per heavy atom.